The topological polar surface area (TPSA) is 117 Å². The molecule has 1 aliphatic heterocycles. The number of rotatable bonds is 4. The van der Waals surface area contributed by atoms with Crippen LogP contribution in [0.3, 0.4) is 0 Å². The number of aliphatic hydroxyl groups excluding tert-OH is 1. The summed E-state index contributed by atoms with van der Waals surface area (Å²) in [7, 11) is 2.77. The number of hydrogen-bond donors (Lipinski definition) is 2. The Morgan fingerprint density at radius 2 is 2.10 bits per heavy atom. The molecule has 3 N–H and O–H groups in total. The molecular formula is C13H18N2O6. The van der Waals surface area contributed by atoms with E-state index in [2.05, 4.69) is 0 Å². The maximum absolute atomic E-state index is 11.1. The molecule has 1 aromatic carbocycles. The van der Waals surface area contributed by atoms with E-state index in [0.717, 1.165) is 0 Å². The Morgan fingerprint density at radius 3 is 2.62 bits per heavy atom. The summed E-state index contributed by atoms with van der Waals surface area (Å²) in [6, 6.07) is 3.55. The normalized spacial score (nSPS) is 28.1. The van der Waals surface area contributed by atoms with Gasteiger partial charge in [0, 0.05) is 25.8 Å². The number of ether oxygens (including phenoxy) is 3. The first-order valence-electron chi connectivity index (χ1n) is 6.32. The predicted octanol–water partition coefficient (Wildman–Crippen LogP) is 0.725. The van der Waals surface area contributed by atoms with E-state index in [9.17, 15) is 15.2 Å². The summed E-state index contributed by atoms with van der Waals surface area (Å²) in [4.78, 5) is 10.6. The van der Waals surface area contributed by atoms with Crippen LogP contribution in [0.15, 0.2) is 18.2 Å². The van der Waals surface area contributed by atoms with Gasteiger partial charge in [0.2, 0.25) is 5.75 Å². The maximum Gasteiger partial charge on any atom is 0.311 e. The summed E-state index contributed by atoms with van der Waals surface area (Å²) in [5, 5.41) is 21.6. The molecular weight excluding hydrogens is 280 g/mol. The van der Waals surface area contributed by atoms with Gasteiger partial charge in [-0.15, -0.1) is 0 Å². The molecule has 1 aromatic rings. The van der Waals surface area contributed by atoms with Crippen molar-refractivity contribution in [2.24, 2.45) is 5.73 Å². The number of hydrogen-bond acceptors (Lipinski definition) is 7. The molecule has 116 valence electrons. The van der Waals surface area contributed by atoms with Gasteiger partial charge < -0.3 is 25.1 Å². The summed E-state index contributed by atoms with van der Waals surface area (Å²) in [6.07, 6.45) is -2.09. The average Bonchev–Trinajstić information content (AvgIpc) is 2.45. The molecule has 0 saturated heterocycles. The molecule has 0 bridgehead atoms. The van der Waals surface area contributed by atoms with Crippen LogP contribution in [0.25, 0.3) is 0 Å². The quantitative estimate of drug-likeness (QED) is 0.478. The van der Waals surface area contributed by atoms with Gasteiger partial charge in [0.05, 0.1) is 11.0 Å². The molecule has 1 unspecified atom stereocenters. The van der Waals surface area contributed by atoms with Gasteiger partial charge in [0.1, 0.15) is 6.10 Å². The third kappa shape index (κ3) is 2.36. The lowest BCUT2D eigenvalue weighted by atomic mass is 9.85. The van der Waals surface area contributed by atoms with E-state index in [0.29, 0.717) is 5.56 Å². The lowest BCUT2D eigenvalue weighted by Crippen LogP contribution is -2.61. The molecule has 0 radical (unpaired) electrons. The molecule has 8 nitrogen and oxygen atoms in total. The van der Waals surface area contributed by atoms with Crippen molar-refractivity contribution >= 4 is 5.69 Å². The van der Waals surface area contributed by atoms with Crippen molar-refractivity contribution in [3.05, 3.63) is 33.9 Å². The van der Waals surface area contributed by atoms with Crippen LogP contribution in [0.5, 0.6) is 5.75 Å². The number of nitrogens with two attached hydrogens (primary N) is 1. The molecule has 3 atom stereocenters. The largest absolute Gasteiger partial charge is 0.472 e. The Morgan fingerprint density at radius 1 is 1.48 bits per heavy atom. The van der Waals surface area contributed by atoms with E-state index < -0.39 is 29.0 Å². The zero-order valence-electron chi connectivity index (χ0n) is 12.0. The summed E-state index contributed by atoms with van der Waals surface area (Å²) >= 11 is 0. The minimum absolute atomic E-state index is 0.0295. The number of para-hydroxylation sites is 1. The summed E-state index contributed by atoms with van der Waals surface area (Å²) < 4.78 is 16.0. The highest BCUT2D eigenvalue weighted by atomic mass is 16.7. The predicted molar refractivity (Wildman–Crippen MR) is 72.9 cm³/mol. The smallest absolute Gasteiger partial charge is 0.311 e. The van der Waals surface area contributed by atoms with E-state index >= 15 is 0 Å². The van der Waals surface area contributed by atoms with Gasteiger partial charge >= 0.3 is 5.69 Å². The van der Waals surface area contributed by atoms with Crippen LogP contribution >= 0.6 is 0 Å². The Labute approximate surface area is 121 Å². The Balaban J connectivity index is 2.57. The fraction of sp³-hybridized carbons (Fsp3) is 0.538. The van der Waals surface area contributed by atoms with Crippen LogP contribution in [0, 0.1) is 10.1 Å². The second-order valence-electron chi connectivity index (χ2n) is 5.01. The van der Waals surface area contributed by atoms with Crippen LogP contribution < -0.4 is 10.5 Å². The van der Waals surface area contributed by atoms with Crippen LogP contribution in [0.2, 0.25) is 0 Å². The number of aliphatic hydroxyl groups is 1. The molecule has 0 saturated carbocycles. The highest BCUT2D eigenvalue weighted by Gasteiger charge is 2.52. The van der Waals surface area contributed by atoms with Gasteiger partial charge in [-0.05, 0) is 6.92 Å². The van der Waals surface area contributed by atoms with Gasteiger partial charge in [-0.25, -0.2) is 0 Å². The molecule has 0 aliphatic carbocycles. The number of fused-ring (bicyclic) bond motifs is 1. The van der Waals surface area contributed by atoms with E-state index in [1.807, 2.05) is 0 Å². The molecule has 1 aliphatic rings. The SMILES string of the molecule is COC(OC)C1(C)Oc2c(cccc2[N+](=O)[O-])[C@@H](N)[C@@H]1O. The van der Waals surface area contributed by atoms with Crippen molar-refractivity contribution in [3.63, 3.8) is 0 Å². The van der Waals surface area contributed by atoms with Crippen molar-refractivity contribution in [1.29, 1.82) is 0 Å². The number of nitrogens with zero attached hydrogens (tertiary/aromatic N) is 1. The van der Waals surface area contributed by atoms with Crippen LogP contribution in [-0.2, 0) is 9.47 Å². The first kappa shape index (κ1) is 15.6. The van der Waals surface area contributed by atoms with Gasteiger partial charge in [-0.3, -0.25) is 10.1 Å². The molecule has 8 heteroatoms. The number of nitro benzene ring substituents is 1. The lowest BCUT2D eigenvalue weighted by Gasteiger charge is -2.45. The van der Waals surface area contributed by atoms with E-state index in [-0.39, 0.29) is 11.4 Å². The van der Waals surface area contributed by atoms with E-state index in [1.54, 1.807) is 6.07 Å². The van der Waals surface area contributed by atoms with Crippen LogP contribution in [-0.4, -0.2) is 42.2 Å². The zero-order valence-corrected chi connectivity index (χ0v) is 12.0. The number of benzene rings is 1. The van der Waals surface area contributed by atoms with Gasteiger partial charge in [-0.1, -0.05) is 12.1 Å². The van der Waals surface area contributed by atoms with Crippen molar-refractivity contribution < 1.29 is 24.2 Å². The molecule has 0 amide bonds. The van der Waals surface area contributed by atoms with Crippen molar-refractivity contribution in [1.82, 2.24) is 0 Å². The van der Waals surface area contributed by atoms with E-state index in [4.69, 9.17) is 19.9 Å². The zero-order chi connectivity index (χ0) is 15.8. The van der Waals surface area contributed by atoms with Gasteiger partial charge in [0.25, 0.3) is 0 Å². The molecule has 0 fully saturated rings. The number of methoxy groups -OCH3 is 2. The van der Waals surface area contributed by atoms with Crippen molar-refractivity contribution in [2.45, 2.75) is 31.0 Å². The lowest BCUT2D eigenvalue weighted by molar-refractivity contribution is -0.387. The molecule has 0 spiro atoms. The summed E-state index contributed by atoms with van der Waals surface area (Å²) in [5.74, 6) is 0.0295. The maximum atomic E-state index is 11.1. The Kier molecular flexibility index (Phi) is 4.15. The van der Waals surface area contributed by atoms with Gasteiger partial charge in [-0.2, -0.15) is 0 Å². The molecule has 1 heterocycles. The van der Waals surface area contributed by atoms with Gasteiger partial charge in [0.15, 0.2) is 11.9 Å². The second kappa shape index (κ2) is 5.57. The monoisotopic (exact) mass is 298 g/mol. The number of nitro groups is 1. The molecule has 0 aromatic heterocycles. The standard InChI is InChI=1S/C13H18N2O6/c1-13(12(19-2)20-3)11(16)9(14)7-5-4-6-8(15(17)18)10(7)21-13/h4-6,9,11-12,16H,14H2,1-3H3/t9-,11+,13?/m1/s1. The molecule has 2 rings (SSSR count). The third-order valence-corrected chi connectivity index (χ3v) is 3.73. The summed E-state index contributed by atoms with van der Waals surface area (Å²) in [6.45, 7) is 1.54. The Hall–Kier alpha value is -1.74. The average molecular weight is 298 g/mol. The fourth-order valence-corrected chi connectivity index (χ4v) is 2.62. The first-order valence-corrected chi connectivity index (χ1v) is 6.32. The minimum atomic E-state index is -1.37. The van der Waals surface area contributed by atoms with E-state index in [1.165, 1.54) is 33.3 Å². The summed E-state index contributed by atoms with van der Waals surface area (Å²) in [5.41, 5.74) is 4.80. The highest BCUT2D eigenvalue weighted by molar-refractivity contribution is 5.55. The third-order valence-electron chi connectivity index (χ3n) is 3.73. The van der Waals surface area contributed by atoms with Crippen LogP contribution in [0.1, 0.15) is 18.5 Å². The van der Waals surface area contributed by atoms with Crippen molar-refractivity contribution in [3.8, 4) is 5.75 Å². The Bertz CT molecular complexity index is 547. The fourth-order valence-electron chi connectivity index (χ4n) is 2.62. The highest BCUT2D eigenvalue weighted by Crippen LogP contribution is 2.45. The second-order valence-corrected chi connectivity index (χ2v) is 5.01. The first-order chi connectivity index (χ1) is 9.86. The van der Waals surface area contributed by atoms with Crippen molar-refractivity contribution in [2.75, 3.05) is 14.2 Å². The molecule has 21 heavy (non-hydrogen) atoms. The van der Waals surface area contributed by atoms with Crippen LogP contribution in [0.4, 0.5) is 5.69 Å². The minimum Gasteiger partial charge on any atom is -0.472 e.